The van der Waals surface area contributed by atoms with Crippen LogP contribution in [0.1, 0.15) is 29.8 Å². The molecule has 2 aromatic rings. The fraction of sp³-hybridized carbons (Fsp3) is 0.533. The first kappa shape index (κ1) is 15.4. The van der Waals surface area contributed by atoms with Crippen molar-refractivity contribution in [3.63, 3.8) is 0 Å². The summed E-state index contributed by atoms with van der Waals surface area (Å²) >= 11 is 3.34. The molecule has 0 aliphatic carbocycles. The fourth-order valence-corrected chi connectivity index (χ4v) is 3.28. The second kappa shape index (κ2) is 6.75. The van der Waals surface area contributed by atoms with Crippen LogP contribution in [0.15, 0.2) is 23.2 Å². The van der Waals surface area contributed by atoms with Gasteiger partial charge in [-0.05, 0) is 34.7 Å². The molecule has 1 amide bonds. The molecule has 0 radical (unpaired) electrons. The molecule has 6 nitrogen and oxygen atoms in total. The van der Waals surface area contributed by atoms with Crippen LogP contribution in [0.3, 0.4) is 0 Å². The number of rotatable bonds is 3. The van der Waals surface area contributed by atoms with E-state index in [0.717, 1.165) is 32.4 Å². The van der Waals surface area contributed by atoms with Gasteiger partial charge in [0.1, 0.15) is 10.3 Å². The largest absolute Gasteiger partial charge is 0.384 e. The van der Waals surface area contributed by atoms with E-state index in [1.54, 1.807) is 30.1 Å². The van der Waals surface area contributed by atoms with Crippen LogP contribution >= 0.6 is 15.9 Å². The van der Waals surface area contributed by atoms with E-state index in [9.17, 15) is 4.79 Å². The van der Waals surface area contributed by atoms with E-state index in [0.29, 0.717) is 28.5 Å². The van der Waals surface area contributed by atoms with E-state index in [1.807, 2.05) is 4.90 Å². The molecule has 1 aliphatic heterocycles. The molecule has 0 unspecified atom stereocenters. The Kier molecular flexibility index (Phi) is 4.73. The van der Waals surface area contributed by atoms with Crippen LogP contribution in [0.5, 0.6) is 0 Å². The summed E-state index contributed by atoms with van der Waals surface area (Å²) in [5, 5.41) is 0. The summed E-state index contributed by atoms with van der Waals surface area (Å²) in [6.45, 7) is 2.23. The van der Waals surface area contributed by atoms with Gasteiger partial charge in [-0.25, -0.2) is 9.97 Å². The third-order valence-corrected chi connectivity index (χ3v) is 4.45. The summed E-state index contributed by atoms with van der Waals surface area (Å²) < 4.78 is 7.74. The molecule has 3 heterocycles. The number of imidazole rings is 1. The van der Waals surface area contributed by atoms with Crippen LogP contribution < -0.4 is 0 Å². The van der Waals surface area contributed by atoms with Gasteiger partial charge in [-0.2, -0.15) is 0 Å². The van der Waals surface area contributed by atoms with Crippen LogP contribution in [0, 0.1) is 5.92 Å². The molecule has 1 fully saturated rings. The van der Waals surface area contributed by atoms with Gasteiger partial charge < -0.3 is 9.64 Å². The second-order valence-corrected chi connectivity index (χ2v) is 6.46. The Morgan fingerprint density at radius 1 is 1.41 bits per heavy atom. The van der Waals surface area contributed by atoms with E-state index in [-0.39, 0.29) is 5.91 Å². The first-order valence-corrected chi connectivity index (χ1v) is 8.25. The maximum absolute atomic E-state index is 12.9. The van der Waals surface area contributed by atoms with Gasteiger partial charge in [0.15, 0.2) is 5.65 Å². The van der Waals surface area contributed by atoms with E-state index in [4.69, 9.17) is 4.74 Å². The highest BCUT2D eigenvalue weighted by atomic mass is 79.9. The number of hydrogen-bond acceptors (Lipinski definition) is 4. The van der Waals surface area contributed by atoms with Crippen molar-refractivity contribution in [3.8, 4) is 0 Å². The Labute approximate surface area is 137 Å². The normalized spacial score (nSPS) is 19.4. The predicted octanol–water partition coefficient (Wildman–Crippen LogP) is 2.38. The average Bonchev–Trinajstić information content (AvgIpc) is 2.77. The molecule has 0 spiro atoms. The minimum absolute atomic E-state index is 0.0219. The van der Waals surface area contributed by atoms with Crippen LogP contribution in [-0.2, 0) is 4.74 Å². The Balaban J connectivity index is 1.86. The van der Waals surface area contributed by atoms with Crippen LogP contribution in [0.2, 0.25) is 0 Å². The fourth-order valence-electron chi connectivity index (χ4n) is 2.97. The van der Waals surface area contributed by atoms with Crippen LogP contribution in [-0.4, -0.2) is 52.0 Å². The second-order valence-electron chi connectivity index (χ2n) is 5.65. The maximum atomic E-state index is 12.9. The molecule has 7 heteroatoms. The third-order valence-electron chi connectivity index (χ3n) is 4.04. The number of hydrogen-bond donors (Lipinski definition) is 0. The van der Waals surface area contributed by atoms with Crippen molar-refractivity contribution in [2.45, 2.75) is 19.3 Å². The van der Waals surface area contributed by atoms with E-state index >= 15 is 0 Å². The Hall–Kier alpha value is -1.47. The lowest BCUT2D eigenvalue weighted by Crippen LogP contribution is -2.36. The maximum Gasteiger partial charge on any atom is 0.272 e. The predicted molar refractivity (Wildman–Crippen MR) is 85.8 cm³/mol. The lowest BCUT2D eigenvalue weighted by molar-refractivity contribution is 0.0690. The number of carbonyl (C=O) groups is 1. The average molecular weight is 367 g/mol. The van der Waals surface area contributed by atoms with Crippen molar-refractivity contribution < 1.29 is 9.53 Å². The zero-order chi connectivity index (χ0) is 15.5. The molecule has 1 atom stereocenters. The first-order chi connectivity index (χ1) is 10.7. The zero-order valence-electron chi connectivity index (χ0n) is 12.5. The smallest absolute Gasteiger partial charge is 0.272 e. The Bertz CT molecular complexity index is 673. The molecular formula is C15H19BrN4O2. The summed E-state index contributed by atoms with van der Waals surface area (Å²) in [6.07, 6.45) is 8.34. The van der Waals surface area contributed by atoms with E-state index < -0.39 is 0 Å². The molecular weight excluding hydrogens is 348 g/mol. The first-order valence-electron chi connectivity index (χ1n) is 7.46. The number of aromatic nitrogens is 3. The molecule has 1 aliphatic rings. The van der Waals surface area contributed by atoms with Gasteiger partial charge >= 0.3 is 0 Å². The minimum atomic E-state index is 0.0219. The van der Waals surface area contributed by atoms with Gasteiger partial charge in [0.2, 0.25) is 0 Å². The Morgan fingerprint density at radius 2 is 2.27 bits per heavy atom. The summed E-state index contributed by atoms with van der Waals surface area (Å²) in [4.78, 5) is 23.2. The molecule has 0 N–H and O–H groups in total. The molecule has 118 valence electrons. The lowest BCUT2D eigenvalue weighted by Gasteiger charge is -2.24. The summed E-state index contributed by atoms with van der Waals surface area (Å²) in [5.74, 6) is 0.428. The van der Waals surface area contributed by atoms with Gasteiger partial charge in [0, 0.05) is 26.4 Å². The highest BCUT2D eigenvalue weighted by molar-refractivity contribution is 9.10. The number of carbonyl (C=O) groups excluding carboxylic acids is 1. The lowest BCUT2D eigenvalue weighted by atomic mass is 10.0. The standard InChI is InChI=1S/C15H19BrN4O2/c1-22-10-11-4-2-3-5-19(8-11)15(21)12-6-18-14-7-17-13(16)9-20(12)14/h6-7,9,11H,2-5,8,10H2,1H3/t11-/m1/s1. The van der Waals surface area contributed by atoms with E-state index in [1.165, 1.54) is 0 Å². The SMILES string of the molecule is COC[C@@H]1CCCCN(C(=O)c2cnc3cnc(Br)cn23)C1. The van der Waals surface area contributed by atoms with Crippen LogP contribution in [0.25, 0.3) is 5.65 Å². The topological polar surface area (TPSA) is 59.7 Å². The van der Waals surface area contributed by atoms with Crippen molar-refractivity contribution >= 4 is 27.5 Å². The summed E-state index contributed by atoms with van der Waals surface area (Å²) in [6, 6.07) is 0. The summed E-state index contributed by atoms with van der Waals surface area (Å²) in [7, 11) is 1.71. The molecule has 0 saturated carbocycles. The third kappa shape index (κ3) is 3.15. The molecule has 0 bridgehead atoms. The number of halogens is 1. The van der Waals surface area contributed by atoms with E-state index in [2.05, 4.69) is 25.9 Å². The van der Waals surface area contributed by atoms with Crippen molar-refractivity contribution in [3.05, 3.63) is 28.9 Å². The van der Waals surface area contributed by atoms with Gasteiger partial charge in [-0.15, -0.1) is 0 Å². The van der Waals surface area contributed by atoms with Crippen molar-refractivity contribution in [1.29, 1.82) is 0 Å². The van der Waals surface area contributed by atoms with Gasteiger partial charge in [-0.3, -0.25) is 9.20 Å². The Morgan fingerprint density at radius 3 is 3.09 bits per heavy atom. The van der Waals surface area contributed by atoms with Crippen molar-refractivity contribution in [2.75, 3.05) is 26.8 Å². The monoisotopic (exact) mass is 366 g/mol. The minimum Gasteiger partial charge on any atom is -0.384 e. The number of ether oxygens (including phenoxy) is 1. The number of methoxy groups -OCH3 is 1. The van der Waals surface area contributed by atoms with Gasteiger partial charge in [-0.1, -0.05) is 6.42 Å². The zero-order valence-corrected chi connectivity index (χ0v) is 14.1. The highest BCUT2D eigenvalue weighted by Crippen LogP contribution is 2.19. The summed E-state index contributed by atoms with van der Waals surface area (Å²) in [5.41, 5.74) is 1.26. The van der Waals surface area contributed by atoms with Crippen molar-refractivity contribution in [1.82, 2.24) is 19.3 Å². The van der Waals surface area contributed by atoms with Crippen molar-refractivity contribution in [2.24, 2.45) is 5.92 Å². The number of fused-ring (bicyclic) bond motifs is 1. The molecule has 1 saturated heterocycles. The molecule has 2 aromatic heterocycles. The van der Waals surface area contributed by atoms with Crippen LogP contribution in [0.4, 0.5) is 0 Å². The quantitative estimate of drug-likeness (QED) is 0.836. The molecule has 3 rings (SSSR count). The van der Waals surface area contributed by atoms with Gasteiger partial charge in [0.05, 0.1) is 19.0 Å². The highest BCUT2D eigenvalue weighted by Gasteiger charge is 2.25. The number of nitrogens with zero attached hydrogens (tertiary/aromatic N) is 4. The molecule has 22 heavy (non-hydrogen) atoms. The van der Waals surface area contributed by atoms with Gasteiger partial charge in [0.25, 0.3) is 5.91 Å². The number of amides is 1. The number of likely N-dealkylation sites (tertiary alicyclic amines) is 1. The molecule has 0 aromatic carbocycles.